The highest BCUT2D eigenvalue weighted by molar-refractivity contribution is 7.13. The minimum Gasteiger partial charge on any atom is -0.361 e. The molecule has 0 aromatic carbocycles. The molecule has 4 heteroatoms. The molecule has 0 radical (unpaired) electrons. The average molecular weight is 167 g/mol. The first-order valence-corrected chi connectivity index (χ1v) is 4.28. The first kappa shape index (κ1) is 6.67. The molecule has 11 heavy (non-hydrogen) atoms. The van der Waals surface area contributed by atoms with Gasteiger partial charge in [0.2, 0.25) is 0 Å². The zero-order valence-electron chi connectivity index (χ0n) is 6.27. The first-order chi connectivity index (χ1) is 5.36. The lowest BCUT2D eigenvalue weighted by Gasteiger charge is -2.14. The van der Waals surface area contributed by atoms with E-state index in [9.17, 15) is 0 Å². The number of hydrogen-bond donors (Lipinski definition) is 0. The summed E-state index contributed by atoms with van der Waals surface area (Å²) in [6, 6.07) is 0. The highest BCUT2D eigenvalue weighted by Crippen LogP contribution is 2.21. The van der Waals surface area contributed by atoms with E-state index in [0.717, 1.165) is 6.67 Å². The maximum atomic E-state index is 4.02. The fourth-order valence-corrected chi connectivity index (χ4v) is 1.63. The minimum atomic E-state index is 0.933. The summed E-state index contributed by atoms with van der Waals surface area (Å²) in [7, 11) is 2.05. The van der Waals surface area contributed by atoms with E-state index in [2.05, 4.69) is 34.2 Å². The van der Waals surface area contributed by atoms with Crippen molar-refractivity contribution in [2.45, 2.75) is 0 Å². The maximum absolute atomic E-state index is 4.02. The zero-order valence-corrected chi connectivity index (χ0v) is 7.08. The Bertz CT molecular complexity index is 255. The lowest BCUT2D eigenvalue weighted by atomic mass is 10.7. The second kappa shape index (κ2) is 2.54. The highest BCUT2D eigenvalue weighted by Gasteiger charge is 2.10. The van der Waals surface area contributed by atoms with Crippen molar-refractivity contribution in [3.8, 4) is 0 Å². The standard InChI is InChI=1S/C7H9N3S/c1-9-2-3-10(6-9)7-4-8-5-11-7/h2-5H,6H2,1H3. The van der Waals surface area contributed by atoms with Gasteiger partial charge in [-0.25, -0.2) is 0 Å². The number of nitrogens with zero attached hydrogens (tertiary/aromatic N) is 3. The van der Waals surface area contributed by atoms with Crippen LogP contribution in [0.4, 0.5) is 5.00 Å². The Morgan fingerprint density at radius 1 is 1.55 bits per heavy atom. The summed E-state index contributed by atoms with van der Waals surface area (Å²) in [5.74, 6) is 0. The molecule has 0 aliphatic carbocycles. The molecule has 0 atom stereocenters. The fraction of sp³-hybridized carbons (Fsp3) is 0.286. The third-order valence-electron chi connectivity index (χ3n) is 1.58. The molecule has 58 valence electrons. The van der Waals surface area contributed by atoms with Crippen LogP contribution in [-0.2, 0) is 0 Å². The van der Waals surface area contributed by atoms with E-state index in [1.807, 2.05) is 11.7 Å². The average Bonchev–Trinajstić information content (AvgIpc) is 2.55. The molecule has 2 heterocycles. The molecule has 1 aromatic heterocycles. The Kier molecular flexibility index (Phi) is 1.54. The SMILES string of the molecule is CN1C=CN(c2cncs2)C1. The summed E-state index contributed by atoms with van der Waals surface area (Å²) in [5, 5.41) is 1.20. The topological polar surface area (TPSA) is 19.4 Å². The van der Waals surface area contributed by atoms with E-state index in [1.54, 1.807) is 11.3 Å². The van der Waals surface area contributed by atoms with Crippen molar-refractivity contribution >= 4 is 16.3 Å². The molecule has 0 amide bonds. The van der Waals surface area contributed by atoms with Crippen molar-refractivity contribution in [3.05, 3.63) is 24.1 Å². The Morgan fingerprint density at radius 2 is 2.45 bits per heavy atom. The monoisotopic (exact) mass is 167 g/mol. The second-order valence-corrected chi connectivity index (χ2v) is 3.37. The third-order valence-corrected chi connectivity index (χ3v) is 2.39. The van der Waals surface area contributed by atoms with Gasteiger partial charge < -0.3 is 9.80 Å². The van der Waals surface area contributed by atoms with Crippen LogP contribution >= 0.6 is 11.3 Å². The molecule has 0 fully saturated rings. The smallest absolute Gasteiger partial charge is 0.116 e. The minimum absolute atomic E-state index is 0.933. The first-order valence-electron chi connectivity index (χ1n) is 3.40. The molecule has 1 aliphatic rings. The van der Waals surface area contributed by atoms with E-state index >= 15 is 0 Å². The van der Waals surface area contributed by atoms with Gasteiger partial charge in [0.05, 0.1) is 18.4 Å². The summed E-state index contributed by atoms with van der Waals surface area (Å²) in [4.78, 5) is 8.31. The maximum Gasteiger partial charge on any atom is 0.116 e. The van der Waals surface area contributed by atoms with Gasteiger partial charge in [0.1, 0.15) is 5.00 Å². The molecular formula is C7H9N3S. The number of thiazole rings is 1. The number of aromatic nitrogens is 1. The van der Waals surface area contributed by atoms with Gasteiger partial charge in [0.25, 0.3) is 0 Å². The third kappa shape index (κ3) is 1.21. The lowest BCUT2D eigenvalue weighted by molar-refractivity contribution is 0.496. The summed E-state index contributed by atoms with van der Waals surface area (Å²) in [6.45, 7) is 0.933. The molecule has 0 saturated heterocycles. The molecular weight excluding hydrogens is 158 g/mol. The quantitative estimate of drug-likeness (QED) is 0.629. The van der Waals surface area contributed by atoms with Crippen molar-refractivity contribution < 1.29 is 0 Å². The Morgan fingerprint density at radius 3 is 3.00 bits per heavy atom. The van der Waals surface area contributed by atoms with E-state index in [4.69, 9.17) is 0 Å². The van der Waals surface area contributed by atoms with Crippen molar-refractivity contribution in [2.24, 2.45) is 0 Å². The van der Waals surface area contributed by atoms with Crippen molar-refractivity contribution in [2.75, 3.05) is 18.6 Å². The number of rotatable bonds is 1. The second-order valence-electron chi connectivity index (χ2n) is 2.51. The van der Waals surface area contributed by atoms with Gasteiger partial charge in [-0.1, -0.05) is 0 Å². The predicted molar refractivity (Wildman–Crippen MR) is 46.4 cm³/mol. The molecule has 0 saturated carbocycles. The van der Waals surface area contributed by atoms with Gasteiger partial charge in [-0.2, -0.15) is 0 Å². The molecule has 0 bridgehead atoms. The van der Waals surface area contributed by atoms with Crippen molar-refractivity contribution in [1.29, 1.82) is 0 Å². The Hall–Kier alpha value is -1.03. The molecule has 0 N–H and O–H groups in total. The largest absolute Gasteiger partial charge is 0.361 e. The summed E-state index contributed by atoms with van der Waals surface area (Å²) in [5.41, 5.74) is 1.85. The Labute approximate surface area is 69.6 Å². The van der Waals surface area contributed by atoms with Gasteiger partial charge in [0, 0.05) is 19.4 Å². The van der Waals surface area contributed by atoms with Crippen LogP contribution in [0.5, 0.6) is 0 Å². The van der Waals surface area contributed by atoms with Crippen LogP contribution < -0.4 is 4.90 Å². The molecule has 0 unspecified atom stereocenters. The van der Waals surface area contributed by atoms with Crippen LogP contribution in [0.25, 0.3) is 0 Å². The normalized spacial score (nSPS) is 16.5. The van der Waals surface area contributed by atoms with Crippen LogP contribution in [0.3, 0.4) is 0 Å². The van der Waals surface area contributed by atoms with Crippen LogP contribution in [-0.4, -0.2) is 23.6 Å². The Balaban J connectivity index is 2.15. The van der Waals surface area contributed by atoms with Crippen LogP contribution in [0.15, 0.2) is 24.1 Å². The molecule has 1 aromatic rings. The van der Waals surface area contributed by atoms with Crippen molar-refractivity contribution in [1.82, 2.24) is 9.88 Å². The van der Waals surface area contributed by atoms with E-state index in [-0.39, 0.29) is 0 Å². The number of anilines is 1. The molecule has 2 rings (SSSR count). The van der Waals surface area contributed by atoms with Gasteiger partial charge in [-0.15, -0.1) is 11.3 Å². The fourth-order valence-electron chi connectivity index (χ4n) is 1.02. The van der Waals surface area contributed by atoms with Crippen LogP contribution in [0.2, 0.25) is 0 Å². The van der Waals surface area contributed by atoms with E-state index < -0.39 is 0 Å². The van der Waals surface area contributed by atoms with Gasteiger partial charge in [-0.3, -0.25) is 4.98 Å². The summed E-state index contributed by atoms with van der Waals surface area (Å²) >= 11 is 1.66. The predicted octanol–water partition coefficient (Wildman–Crippen LogP) is 1.32. The highest BCUT2D eigenvalue weighted by atomic mass is 32.1. The lowest BCUT2D eigenvalue weighted by Crippen LogP contribution is -2.20. The van der Waals surface area contributed by atoms with Crippen LogP contribution in [0.1, 0.15) is 0 Å². The van der Waals surface area contributed by atoms with Crippen LogP contribution in [0, 0.1) is 0 Å². The zero-order chi connectivity index (χ0) is 7.68. The number of hydrogen-bond acceptors (Lipinski definition) is 4. The molecule has 1 aliphatic heterocycles. The van der Waals surface area contributed by atoms with Gasteiger partial charge in [-0.05, 0) is 0 Å². The van der Waals surface area contributed by atoms with Gasteiger partial charge >= 0.3 is 0 Å². The summed E-state index contributed by atoms with van der Waals surface area (Å²) < 4.78 is 0. The van der Waals surface area contributed by atoms with E-state index in [0.29, 0.717) is 0 Å². The molecule has 0 spiro atoms. The summed E-state index contributed by atoms with van der Waals surface area (Å²) in [6.07, 6.45) is 6.00. The molecule has 3 nitrogen and oxygen atoms in total. The van der Waals surface area contributed by atoms with E-state index in [1.165, 1.54) is 5.00 Å². The van der Waals surface area contributed by atoms with Crippen molar-refractivity contribution in [3.63, 3.8) is 0 Å². The van der Waals surface area contributed by atoms with Gasteiger partial charge in [0.15, 0.2) is 0 Å².